The molecule has 0 unspecified atom stereocenters. The van der Waals surface area contributed by atoms with Gasteiger partial charge in [0, 0.05) is 33.1 Å². The predicted octanol–water partition coefficient (Wildman–Crippen LogP) is 2.34. The summed E-state index contributed by atoms with van der Waals surface area (Å²) in [7, 11) is 1.71. The maximum absolute atomic E-state index is 11.8. The van der Waals surface area contributed by atoms with Gasteiger partial charge in [-0.3, -0.25) is 9.59 Å². The molecule has 1 aliphatic carbocycles. The van der Waals surface area contributed by atoms with Crippen molar-refractivity contribution >= 4 is 11.9 Å². The van der Waals surface area contributed by atoms with Crippen LogP contribution in [0.5, 0.6) is 0 Å². The molecular formula is C15H27NO4. The first-order valence-corrected chi connectivity index (χ1v) is 7.55. The van der Waals surface area contributed by atoms with Crippen molar-refractivity contribution in [2.75, 3.05) is 20.3 Å². The van der Waals surface area contributed by atoms with E-state index in [0.29, 0.717) is 19.3 Å². The number of aliphatic carboxylic acids is 1. The van der Waals surface area contributed by atoms with Gasteiger partial charge in [0.2, 0.25) is 5.91 Å². The van der Waals surface area contributed by atoms with E-state index in [0.717, 1.165) is 32.4 Å². The van der Waals surface area contributed by atoms with Gasteiger partial charge in [-0.05, 0) is 37.5 Å². The van der Waals surface area contributed by atoms with Crippen LogP contribution >= 0.6 is 0 Å². The number of unbranched alkanes of at least 4 members (excludes halogenated alkanes) is 1. The van der Waals surface area contributed by atoms with E-state index in [1.165, 1.54) is 12.8 Å². The molecule has 0 aromatic heterocycles. The molecule has 5 heteroatoms. The summed E-state index contributed by atoms with van der Waals surface area (Å²) >= 11 is 0. The highest BCUT2D eigenvalue weighted by Gasteiger charge is 2.33. The van der Waals surface area contributed by atoms with Gasteiger partial charge in [0.1, 0.15) is 0 Å². The minimum atomic E-state index is -0.796. The molecule has 116 valence electrons. The van der Waals surface area contributed by atoms with Crippen molar-refractivity contribution in [3.05, 3.63) is 0 Å². The highest BCUT2D eigenvalue weighted by Crippen LogP contribution is 2.40. The Bertz CT molecular complexity index is 311. The molecule has 0 aromatic carbocycles. The molecule has 0 radical (unpaired) electrons. The van der Waals surface area contributed by atoms with Crippen LogP contribution in [0.15, 0.2) is 0 Å². The molecule has 0 saturated heterocycles. The van der Waals surface area contributed by atoms with Crippen LogP contribution in [0.1, 0.15) is 57.8 Å². The average molecular weight is 285 g/mol. The molecule has 0 bridgehead atoms. The lowest BCUT2D eigenvalue weighted by Crippen LogP contribution is -2.36. The zero-order valence-electron chi connectivity index (χ0n) is 12.5. The van der Waals surface area contributed by atoms with Gasteiger partial charge in [-0.15, -0.1) is 0 Å². The summed E-state index contributed by atoms with van der Waals surface area (Å²) in [6.45, 7) is 1.47. The Morgan fingerprint density at radius 2 is 1.85 bits per heavy atom. The number of carbonyl (C=O) groups excluding carboxylic acids is 1. The lowest BCUT2D eigenvalue weighted by Gasteiger charge is -2.29. The van der Waals surface area contributed by atoms with E-state index < -0.39 is 5.97 Å². The maximum atomic E-state index is 11.8. The van der Waals surface area contributed by atoms with Crippen LogP contribution in [0.2, 0.25) is 0 Å². The van der Waals surface area contributed by atoms with Gasteiger partial charge in [0.15, 0.2) is 0 Å². The Balaban J connectivity index is 2.21. The fourth-order valence-corrected chi connectivity index (χ4v) is 2.89. The largest absolute Gasteiger partial charge is 0.481 e. The van der Waals surface area contributed by atoms with Crippen LogP contribution < -0.4 is 5.32 Å². The van der Waals surface area contributed by atoms with Crippen molar-refractivity contribution in [1.29, 1.82) is 0 Å². The van der Waals surface area contributed by atoms with E-state index in [9.17, 15) is 9.59 Å². The fourth-order valence-electron chi connectivity index (χ4n) is 2.89. The second kappa shape index (κ2) is 8.95. The van der Waals surface area contributed by atoms with Gasteiger partial charge in [0.05, 0.1) is 0 Å². The topological polar surface area (TPSA) is 75.6 Å². The Kier molecular flexibility index (Phi) is 7.59. The predicted molar refractivity (Wildman–Crippen MR) is 76.5 cm³/mol. The fraction of sp³-hybridized carbons (Fsp3) is 0.867. The molecule has 5 nitrogen and oxygen atoms in total. The second-order valence-corrected chi connectivity index (χ2v) is 5.83. The molecule has 0 aromatic rings. The number of methoxy groups -OCH3 is 1. The molecule has 0 aliphatic heterocycles. The van der Waals surface area contributed by atoms with Crippen LogP contribution in [0.25, 0.3) is 0 Å². The van der Waals surface area contributed by atoms with Crippen molar-refractivity contribution in [2.24, 2.45) is 5.41 Å². The normalized spacial score (nSPS) is 17.1. The zero-order valence-corrected chi connectivity index (χ0v) is 12.5. The molecule has 1 rings (SSSR count). The van der Waals surface area contributed by atoms with Gasteiger partial charge in [0.25, 0.3) is 0 Å². The minimum Gasteiger partial charge on any atom is -0.481 e. The van der Waals surface area contributed by atoms with E-state index in [2.05, 4.69) is 5.32 Å². The van der Waals surface area contributed by atoms with Crippen LogP contribution in [0.3, 0.4) is 0 Å². The molecule has 0 atom stereocenters. The summed E-state index contributed by atoms with van der Waals surface area (Å²) in [6, 6.07) is 0. The van der Waals surface area contributed by atoms with Gasteiger partial charge in [-0.25, -0.2) is 0 Å². The first-order chi connectivity index (χ1) is 9.58. The van der Waals surface area contributed by atoms with Gasteiger partial charge in [-0.2, -0.15) is 0 Å². The Morgan fingerprint density at radius 1 is 1.20 bits per heavy atom. The minimum absolute atomic E-state index is 0.0408. The van der Waals surface area contributed by atoms with Gasteiger partial charge < -0.3 is 15.2 Å². The molecule has 0 heterocycles. The average Bonchev–Trinajstić information content (AvgIpc) is 2.88. The lowest BCUT2D eigenvalue weighted by atomic mass is 9.83. The molecule has 1 aliphatic rings. The van der Waals surface area contributed by atoms with Gasteiger partial charge >= 0.3 is 5.97 Å². The highest BCUT2D eigenvalue weighted by atomic mass is 16.5. The molecule has 1 fully saturated rings. The monoisotopic (exact) mass is 285 g/mol. The summed E-state index contributed by atoms with van der Waals surface area (Å²) in [6.07, 6.45) is 7.57. The van der Waals surface area contributed by atoms with Crippen molar-refractivity contribution < 1.29 is 19.4 Å². The number of ether oxygens (including phenoxy) is 1. The van der Waals surface area contributed by atoms with E-state index in [1.807, 2.05) is 0 Å². The number of hydrogen-bond donors (Lipinski definition) is 2. The summed E-state index contributed by atoms with van der Waals surface area (Å²) in [5.74, 6) is -0.756. The van der Waals surface area contributed by atoms with Crippen LogP contribution in [0, 0.1) is 5.41 Å². The molecule has 1 saturated carbocycles. The molecule has 20 heavy (non-hydrogen) atoms. The number of carboxylic acids is 1. The third-order valence-corrected chi connectivity index (χ3v) is 4.21. The highest BCUT2D eigenvalue weighted by molar-refractivity contribution is 5.76. The number of carboxylic acid groups (broad SMARTS) is 1. The maximum Gasteiger partial charge on any atom is 0.303 e. The molecule has 2 N–H and O–H groups in total. The van der Waals surface area contributed by atoms with E-state index in [4.69, 9.17) is 9.84 Å². The van der Waals surface area contributed by atoms with Crippen LogP contribution in [0.4, 0.5) is 0 Å². The SMILES string of the molecule is COCCC1(CNC(=O)CCCCC(=O)O)CCCC1. The Labute approximate surface area is 121 Å². The first kappa shape index (κ1) is 17.0. The van der Waals surface area contributed by atoms with Gasteiger partial charge in [-0.1, -0.05) is 12.8 Å². The van der Waals surface area contributed by atoms with Crippen LogP contribution in [-0.4, -0.2) is 37.2 Å². The summed E-state index contributed by atoms with van der Waals surface area (Å²) in [5.41, 5.74) is 0.215. The standard InChI is InChI=1S/C15H27NO4/c1-20-11-10-15(8-4-5-9-15)12-16-13(17)6-2-3-7-14(18)19/h2-12H2,1H3,(H,16,17)(H,18,19). The van der Waals surface area contributed by atoms with Crippen molar-refractivity contribution in [3.8, 4) is 0 Å². The zero-order chi connectivity index (χ0) is 14.8. The van der Waals surface area contributed by atoms with Crippen molar-refractivity contribution in [2.45, 2.75) is 57.8 Å². The second-order valence-electron chi connectivity index (χ2n) is 5.83. The lowest BCUT2D eigenvalue weighted by molar-refractivity contribution is -0.137. The number of rotatable bonds is 10. The number of amides is 1. The quantitative estimate of drug-likeness (QED) is 0.604. The Morgan fingerprint density at radius 3 is 2.45 bits per heavy atom. The number of nitrogens with one attached hydrogen (secondary N) is 1. The van der Waals surface area contributed by atoms with Crippen molar-refractivity contribution in [3.63, 3.8) is 0 Å². The third-order valence-electron chi connectivity index (χ3n) is 4.21. The summed E-state index contributed by atoms with van der Waals surface area (Å²) in [5, 5.41) is 11.6. The Hall–Kier alpha value is -1.10. The molecule has 1 amide bonds. The van der Waals surface area contributed by atoms with Crippen molar-refractivity contribution in [1.82, 2.24) is 5.32 Å². The summed E-state index contributed by atoms with van der Waals surface area (Å²) < 4.78 is 5.17. The van der Waals surface area contributed by atoms with E-state index in [1.54, 1.807) is 7.11 Å². The molecule has 0 spiro atoms. The third kappa shape index (κ3) is 6.37. The van der Waals surface area contributed by atoms with Crippen LogP contribution in [-0.2, 0) is 14.3 Å². The smallest absolute Gasteiger partial charge is 0.303 e. The molecular weight excluding hydrogens is 258 g/mol. The van der Waals surface area contributed by atoms with E-state index >= 15 is 0 Å². The first-order valence-electron chi connectivity index (χ1n) is 7.55. The van der Waals surface area contributed by atoms with E-state index in [-0.39, 0.29) is 17.7 Å². The summed E-state index contributed by atoms with van der Waals surface area (Å²) in [4.78, 5) is 22.1. The number of carbonyl (C=O) groups is 2. The number of hydrogen-bond acceptors (Lipinski definition) is 3.